The first-order valence-corrected chi connectivity index (χ1v) is 8.85. The van der Waals surface area contributed by atoms with E-state index in [0.29, 0.717) is 22.5 Å². The Hall–Kier alpha value is -2.35. The number of rotatable bonds is 7. The summed E-state index contributed by atoms with van der Waals surface area (Å²) in [5, 5.41) is 3.30. The van der Waals surface area contributed by atoms with E-state index in [2.05, 4.69) is 21.2 Å². The number of ether oxygens (including phenoxy) is 1. The fourth-order valence-electron chi connectivity index (χ4n) is 2.64. The number of carbonyl (C=O) groups excluding carboxylic acids is 1. The molecule has 1 saturated carbocycles. The first-order chi connectivity index (χ1) is 12.4. The molecule has 5 nitrogen and oxygen atoms in total. The highest BCUT2D eigenvalue weighted by molar-refractivity contribution is 9.10. The van der Waals surface area contributed by atoms with Gasteiger partial charge in [-0.3, -0.25) is 4.79 Å². The Morgan fingerprint density at radius 1 is 1.31 bits per heavy atom. The van der Waals surface area contributed by atoms with E-state index in [1.807, 2.05) is 0 Å². The predicted molar refractivity (Wildman–Crippen MR) is 101 cm³/mol. The van der Waals surface area contributed by atoms with Gasteiger partial charge >= 0.3 is 0 Å². The standard InChI is InChI=1S/C18H18BrF2N3O2/c19-10-3-1-9(2-4-10)15-16(24-11-5-6-11)13(22)7-12(18(23)25)17(15)26-8-14(20)21/h1-4,7,11,14,24H,5-6,8,22H2,(H2,23,25). The molecule has 3 rings (SSSR count). The highest BCUT2D eigenvalue weighted by Crippen LogP contribution is 2.45. The first kappa shape index (κ1) is 18.4. The van der Waals surface area contributed by atoms with Crippen LogP contribution in [0, 0.1) is 0 Å². The molecule has 2 aromatic carbocycles. The van der Waals surface area contributed by atoms with Gasteiger partial charge in [0.2, 0.25) is 0 Å². The molecular formula is C18H18BrF2N3O2. The van der Waals surface area contributed by atoms with Crippen molar-refractivity contribution in [2.45, 2.75) is 25.3 Å². The molecular weight excluding hydrogens is 408 g/mol. The number of alkyl halides is 2. The SMILES string of the molecule is NC(=O)c1cc(N)c(NC2CC2)c(-c2ccc(Br)cc2)c1OCC(F)F. The van der Waals surface area contributed by atoms with Crippen molar-refractivity contribution in [1.29, 1.82) is 0 Å². The van der Waals surface area contributed by atoms with Crippen LogP contribution in [0.15, 0.2) is 34.8 Å². The van der Waals surface area contributed by atoms with Gasteiger partial charge in [0.1, 0.15) is 12.4 Å². The number of hydrogen-bond donors (Lipinski definition) is 3. The van der Waals surface area contributed by atoms with Crippen molar-refractivity contribution in [3.8, 4) is 16.9 Å². The molecule has 0 heterocycles. The van der Waals surface area contributed by atoms with E-state index >= 15 is 0 Å². The summed E-state index contributed by atoms with van der Waals surface area (Å²) in [6.45, 7) is -0.851. The second kappa shape index (κ2) is 7.49. The minimum Gasteiger partial charge on any atom is -0.486 e. The van der Waals surface area contributed by atoms with Crippen LogP contribution in [0.2, 0.25) is 0 Å². The minimum absolute atomic E-state index is 0.0115. The van der Waals surface area contributed by atoms with Gasteiger partial charge in [0.15, 0.2) is 0 Å². The van der Waals surface area contributed by atoms with Crippen molar-refractivity contribution in [3.05, 3.63) is 40.4 Å². The summed E-state index contributed by atoms with van der Waals surface area (Å²) in [6, 6.07) is 8.82. The third-order valence-corrected chi connectivity index (χ3v) is 4.52. The minimum atomic E-state index is -2.69. The van der Waals surface area contributed by atoms with Gasteiger partial charge in [-0.25, -0.2) is 8.78 Å². The molecule has 5 N–H and O–H groups in total. The van der Waals surface area contributed by atoms with Crippen molar-refractivity contribution < 1.29 is 18.3 Å². The molecule has 138 valence electrons. The van der Waals surface area contributed by atoms with Gasteiger partial charge < -0.3 is 21.5 Å². The molecule has 0 unspecified atom stereocenters. The number of anilines is 2. The van der Waals surface area contributed by atoms with Crippen LogP contribution < -0.4 is 21.5 Å². The van der Waals surface area contributed by atoms with E-state index in [9.17, 15) is 13.6 Å². The lowest BCUT2D eigenvalue weighted by molar-refractivity contribution is 0.0804. The fraction of sp³-hybridized carbons (Fsp3) is 0.278. The number of nitrogen functional groups attached to an aromatic ring is 1. The van der Waals surface area contributed by atoms with Crippen LogP contribution in [0.25, 0.3) is 11.1 Å². The van der Waals surface area contributed by atoms with E-state index in [4.69, 9.17) is 16.2 Å². The molecule has 0 aliphatic heterocycles. The Balaban J connectivity index is 2.21. The molecule has 1 aliphatic rings. The van der Waals surface area contributed by atoms with Gasteiger partial charge in [-0.2, -0.15) is 0 Å². The number of primary amides is 1. The maximum atomic E-state index is 12.8. The number of benzene rings is 2. The number of nitrogens with one attached hydrogen (secondary N) is 1. The molecule has 0 bridgehead atoms. The lowest BCUT2D eigenvalue weighted by Gasteiger charge is -2.21. The van der Waals surface area contributed by atoms with E-state index in [1.54, 1.807) is 24.3 Å². The zero-order valence-corrected chi connectivity index (χ0v) is 15.4. The number of halogens is 3. The van der Waals surface area contributed by atoms with E-state index in [-0.39, 0.29) is 17.4 Å². The summed E-state index contributed by atoms with van der Waals surface area (Å²) in [6.07, 6.45) is -0.709. The third-order valence-electron chi connectivity index (χ3n) is 3.99. The normalized spacial score (nSPS) is 13.7. The van der Waals surface area contributed by atoms with Crippen molar-refractivity contribution in [2.24, 2.45) is 5.73 Å². The Bertz CT molecular complexity index is 824. The van der Waals surface area contributed by atoms with Gasteiger partial charge in [-0.15, -0.1) is 0 Å². The predicted octanol–water partition coefficient (Wildman–Crippen LogP) is 4.02. The van der Waals surface area contributed by atoms with E-state index in [0.717, 1.165) is 17.3 Å². The summed E-state index contributed by atoms with van der Waals surface area (Å²) < 4.78 is 31.7. The zero-order chi connectivity index (χ0) is 18.8. The lowest BCUT2D eigenvalue weighted by Crippen LogP contribution is -2.18. The molecule has 2 aromatic rings. The van der Waals surface area contributed by atoms with E-state index < -0.39 is 18.9 Å². The average Bonchev–Trinajstić information content (AvgIpc) is 3.39. The lowest BCUT2D eigenvalue weighted by atomic mass is 9.97. The summed E-state index contributed by atoms with van der Waals surface area (Å²) >= 11 is 3.36. The summed E-state index contributed by atoms with van der Waals surface area (Å²) in [5.41, 5.74) is 13.6. The molecule has 1 amide bonds. The van der Waals surface area contributed by atoms with Crippen molar-refractivity contribution >= 4 is 33.2 Å². The summed E-state index contributed by atoms with van der Waals surface area (Å²) in [4.78, 5) is 11.9. The second-order valence-corrected chi connectivity index (χ2v) is 7.00. The molecule has 0 saturated heterocycles. The zero-order valence-electron chi connectivity index (χ0n) is 13.8. The molecule has 0 radical (unpaired) electrons. The van der Waals surface area contributed by atoms with Crippen LogP contribution in [0.4, 0.5) is 20.2 Å². The Labute approximate surface area is 157 Å². The fourth-order valence-corrected chi connectivity index (χ4v) is 2.91. The number of hydrogen-bond acceptors (Lipinski definition) is 4. The molecule has 1 fully saturated rings. The van der Waals surface area contributed by atoms with Gasteiger partial charge in [-0.05, 0) is 36.6 Å². The maximum absolute atomic E-state index is 12.8. The monoisotopic (exact) mass is 425 g/mol. The van der Waals surface area contributed by atoms with Crippen LogP contribution >= 0.6 is 15.9 Å². The number of carbonyl (C=O) groups is 1. The van der Waals surface area contributed by atoms with Gasteiger partial charge in [0.05, 0.1) is 16.9 Å². The Kier molecular flexibility index (Phi) is 5.31. The number of nitrogens with two attached hydrogens (primary N) is 2. The molecule has 0 spiro atoms. The quantitative estimate of drug-likeness (QED) is 0.584. The van der Waals surface area contributed by atoms with Crippen molar-refractivity contribution in [1.82, 2.24) is 0 Å². The Morgan fingerprint density at radius 3 is 2.50 bits per heavy atom. The van der Waals surface area contributed by atoms with Gasteiger partial charge in [0.25, 0.3) is 12.3 Å². The number of amides is 1. The average molecular weight is 426 g/mol. The van der Waals surface area contributed by atoms with Crippen LogP contribution in [0.3, 0.4) is 0 Å². The van der Waals surface area contributed by atoms with Crippen molar-refractivity contribution in [2.75, 3.05) is 17.7 Å². The van der Waals surface area contributed by atoms with E-state index in [1.165, 1.54) is 6.07 Å². The highest BCUT2D eigenvalue weighted by Gasteiger charge is 2.28. The molecule has 0 aromatic heterocycles. The molecule has 26 heavy (non-hydrogen) atoms. The van der Waals surface area contributed by atoms with Crippen LogP contribution in [0.1, 0.15) is 23.2 Å². The third kappa shape index (κ3) is 4.07. The van der Waals surface area contributed by atoms with Crippen molar-refractivity contribution in [3.63, 3.8) is 0 Å². The highest BCUT2D eigenvalue weighted by atomic mass is 79.9. The van der Waals surface area contributed by atoms with Gasteiger partial charge in [-0.1, -0.05) is 28.1 Å². The Morgan fingerprint density at radius 2 is 1.96 bits per heavy atom. The van der Waals surface area contributed by atoms with Crippen LogP contribution in [-0.2, 0) is 0 Å². The van der Waals surface area contributed by atoms with Crippen LogP contribution in [0.5, 0.6) is 5.75 Å². The molecule has 8 heteroatoms. The second-order valence-electron chi connectivity index (χ2n) is 6.08. The topological polar surface area (TPSA) is 90.4 Å². The first-order valence-electron chi connectivity index (χ1n) is 8.06. The molecule has 0 atom stereocenters. The smallest absolute Gasteiger partial charge is 0.272 e. The largest absolute Gasteiger partial charge is 0.486 e. The summed E-state index contributed by atoms with van der Waals surface area (Å²) in [7, 11) is 0. The molecule has 1 aliphatic carbocycles. The maximum Gasteiger partial charge on any atom is 0.272 e. The van der Waals surface area contributed by atoms with Gasteiger partial charge in [0, 0.05) is 16.1 Å². The van der Waals surface area contributed by atoms with Crippen LogP contribution in [-0.4, -0.2) is 25.0 Å². The summed E-state index contributed by atoms with van der Waals surface area (Å²) in [5.74, 6) is -0.783.